The summed E-state index contributed by atoms with van der Waals surface area (Å²) in [6.45, 7) is 2.99. The lowest BCUT2D eigenvalue weighted by atomic mass is 10.0. The largest absolute Gasteiger partial charge is 0.478 e. The van der Waals surface area contributed by atoms with Gasteiger partial charge in [0.05, 0.1) is 42.0 Å². The van der Waals surface area contributed by atoms with Gasteiger partial charge in [-0.3, -0.25) is 0 Å². The predicted octanol–water partition coefficient (Wildman–Crippen LogP) is 2.97. The summed E-state index contributed by atoms with van der Waals surface area (Å²) >= 11 is 0. The van der Waals surface area contributed by atoms with Gasteiger partial charge in [-0.1, -0.05) is 24.3 Å². The smallest absolute Gasteiger partial charge is 0.337 e. The molecule has 0 unspecified atom stereocenters. The molecule has 0 aliphatic carbocycles. The number of amides is 2. The lowest BCUT2D eigenvalue weighted by Gasteiger charge is -2.24. The minimum atomic E-state index is -0.974. The number of aromatic carboxylic acids is 1. The normalized spacial score (nSPS) is 12.6. The predicted molar refractivity (Wildman–Crippen MR) is 128 cm³/mol. The van der Waals surface area contributed by atoms with E-state index in [1.807, 2.05) is 35.0 Å². The second kappa shape index (κ2) is 12.0. The Balaban J connectivity index is 0.000000320. The number of aromatic nitrogens is 1. The third kappa shape index (κ3) is 7.19. The topological polar surface area (TPSA) is 145 Å². The number of benzene rings is 2. The molecule has 9 nitrogen and oxygen atoms in total. The van der Waals surface area contributed by atoms with Gasteiger partial charge in [-0.2, -0.15) is 10.5 Å². The number of urea groups is 1. The van der Waals surface area contributed by atoms with Crippen LogP contribution in [0.15, 0.2) is 60.9 Å². The van der Waals surface area contributed by atoms with E-state index in [4.69, 9.17) is 21.0 Å². The summed E-state index contributed by atoms with van der Waals surface area (Å²) in [5.74, 6) is -0.974. The van der Waals surface area contributed by atoms with Gasteiger partial charge in [-0.15, -0.1) is 0 Å². The van der Waals surface area contributed by atoms with E-state index in [0.29, 0.717) is 56.0 Å². The number of carbonyl (C=O) groups excluding carboxylic acids is 1. The van der Waals surface area contributed by atoms with Gasteiger partial charge in [-0.05, 0) is 47.4 Å². The molecular formula is C26H25N5O4. The first kappa shape index (κ1) is 25.0. The lowest BCUT2D eigenvalue weighted by molar-refractivity contribution is 0.0554. The maximum atomic E-state index is 11.6. The number of rotatable bonds is 5. The lowest BCUT2D eigenvalue weighted by Crippen LogP contribution is -2.43. The molecule has 2 amide bonds. The molecule has 1 aliphatic rings. The van der Waals surface area contributed by atoms with E-state index < -0.39 is 5.97 Å². The van der Waals surface area contributed by atoms with Crippen molar-refractivity contribution in [1.29, 1.82) is 10.5 Å². The monoisotopic (exact) mass is 471 g/mol. The van der Waals surface area contributed by atoms with Gasteiger partial charge in [0.1, 0.15) is 0 Å². The number of hydrogen-bond acceptors (Lipinski definition) is 5. The SMILES string of the molecule is N#Cc1ccc(Cc2cn(Cc3cccc(C#N)c3)cc2C(=O)O)cc1.NC(=O)N1CCOCC1. The minimum absolute atomic E-state index is 0.255. The Morgan fingerprint density at radius 2 is 1.66 bits per heavy atom. The van der Waals surface area contributed by atoms with Crippen LogP contribution >= 0.6 is 0 Å². The van der Waals surface area contributed by atoms with Crippen LogP contribution in [-0.4, -0.2) is 52.9 Å². The number of hydrogen-bond donors (Lipinski definition) is 2. The van der Waals surface area contributed by atoms with Crippen molar-refractivity contribution in [1.82, 2.24) is 9.47 Å². The van der Waals surface area contributed by atoms with Crippen LogP contribution in [-0.2, 0) is 17.7 Å². The average molecular weight is 472 g/mol. The average Bonchev–Trinajstić information content (AvgIpc) is 3.27. The fraction of sp³-hybridized carbons (Fsp3) is 0.231. The van der Waals surface area contributed by atoms with Gasteiger partial charge < -0.3 is 25.0 Å². The summed E-state index contributed by atoms with van der Waals surface area (Å²) < 4.78 is 6.82. The first-order valence-corrected chi connectivity index (χ1v) is 10.9. The van der Waals surface area contributed by atoms with E-state index in [-0.39, 0.29) is 11.6 Å². The number of carboxylic acid groups (broad SMARTS) is 1. The van der Waals surface area contributed by atoms with Crippen LogP contribution in [0.4, 0.5) is 4.79 Å². The summed E-state index contributed by atoms with van der Waals surface area (Å²) in [4.78, 5) is 23.6. The van der Waals surface area contributed by atoms with Crippen molar-refractivity contribution in [3.63, 3.8) is 0 Å². The van der Waals surface area contributed by atoms with E-state index in [1.165, 1.54) is 0 Å². The molecule has 0 spiro atoms. The van der Waals surface area contributed by atoms with Crippen LogP contribution < -0.4 is 5.73 Å². The quantitative estimate of drug-likeness (QED) is 0.585. The van der Waals surface area contributed by atoms with Crippen molar-refractivity contribution in [3.8, 4) is 12.1 Å². The van der Waals surface area contributed by atoms with Crippen LogP contribution in [0.1, 0.15) is 38.2 Å². The van der Waals surface area contributed by atoms with Crippen molar-refractivity contribution in [3.05, 3.63) is 94.3 Å². The van der Waals surface area contributed by atoms with Crippen molar-refractivity contribution in [2.45, 2.75) is 13.0 Å². The van der Waals surface area contributed by atoms with Gasteiger partial charge in [0, 0.05) is 32.0 Å². The fourth-order valence-electron chi connectivity index (χ4n) is 3.63. The number of carboxylic acids is 1. The fourth-order valence-corrected chi connectivity index (χ4v) is 3.63. The Hall–Kier alpha value is -4.60. The van der Waals surface area contributed by atoms with Gasteiger partial charge in [-0.25, -0.2) is 9.59 Å². The highest BCUT2D eigenvalue weighted by molar-refractivity contribution is 5.89. The number of morpholine rings is 1. The number of nitriles is 2. The van der Waals surface area contributed by atoms with E-state index in [9.17, 15) is 14.7 Å². The molecule has 0 radical (unpaired) electrons. The Kier molecular flexibility index (Phi) is 8.60. The highest BCUT2D eigenvalue weighted by atomic mass is 16.5. The van der Waals surface area contributed by atoms with Crippen molar-refractivity contribution in [2.75, 3.05) is 26.3 Å². The Bertz CT molecular complexity index is 1260. The summed E-state index contributed by atoms with van der Waals surface area (Å²) in [5.41, 5.74) is 8.98. The van der Waals surface area contributed by atoms with Gasteiger partial charge in [0.15, 0.2) is 0 Å². The van der Waals surface area contributed by atoms with Gasteiger partial charge >= 0.3 is 12.0 Å². The van der Waals surface area contributed by atoms with E-state index in [1.54, 1.807) is 35.4 Å². The maximum Gasteiger partial charge on any atom is 0.337 e. The highest BCUT2D eigenvalue weighted by Gasteiger charge is 2.15. The van der Waals surface area contributed by atoms with Crippen molar-refractivity contribution >= 4 is 12.0 Å². The molecular weight excluding hydrogens is 446 g/mol. The van der Waals surface area contributed by atoms with Crippen LogP contribution in [0.2, 0.25) is 0 Å². The number of nitrogens with two attached hydrogens (primary N) is 1. The Morgan fingerprint density at radius 3 is 2.23 bits per heavy atom. The first-order valence-electron chi connectivity index (χ1n) is 10.9. The molecule has 0 atom stereocenters. The molecule has 0 bridgehead atoms. The van der Waals surface area contributed by atoms with Crippen LogP contribution in [0.5, 0.6) is 0 Å². The molecule has 0 saturated carbocycles. The molecule has 1 aromatic heterocycles. The van der Waals surface area contributed by atoms with Crippen LogP contribution in [0, 0.1) is 22.7 Å². The summed E-state index contributed by atoms with van der Waals surface area (Å²) in [5, 5.41) is 27.3. The molecule has 3 aromatic rings. The highest BCUT2D eigenvalue weighted by Crippen LogP contribution is 2.18. The molecule has 2 aromatic carbocycles. The molecule has 178 valence electrons. The zero-order valence-electron chi connectivity index (χ0n) is 19.1. The first-order chi connectivity index (χ1) is 16.9. The Morgan fingerprint density at radius 1 is 0.971 bits per heavy atom. The molecule has 4 rings (SSSR count). The summed E-state index contributed by atoms with van der Waals surface area (Å²) in [7, 11) is 0. The second-order valence-corrected chi connectivity index (χ2v) is 7.91. The second-order valence-electron chi connectivity index (χ2n) is 7.91. The van der Waals surface area contributed by atoms with E-state index >= 15 is 0 Å². The van der Waals surface area contributed by atoms with E-state index in [0.717, 1.165) is 11.1 Å². The molecule has 1 fully saturated rings. The zero-order valence-corrected chi connectivity index (χ0v) is 19.1. The molecule has 3 N–H and O–H groups in total. The molecule has 2 heterocycles. The third-order valence-electron chi connectivity index (χ3n) is 5.41. The van der Waals surface area contributed by atoms with Crippen LogP contribution in [0.25, 0.3) is 0 Å². The van der Waals surface area contributed by atoms with E-state index in [2.05, 4.69) is 12.1 Å². The van der Waals surface area contributed by atoms with Crippen molar-refractivity contribution in [2.24, 2.45) is 5.73 Å². The number of primary amides is 1. The molecule has 9 heteroatoms. The summed E-state index contributed by atoms with van der Waals surface area (Å²) in [6, 6.07) is 18.2. The third-order valence-corrected chi connectivity index (χ3v) is 5.41. The standard InChI is InChI=1S/C21H15N3O2.C5H10N2O2/c22-10-16-6-4-15(5-7-16)9-19-13-24(14-20(19)21(25)26)12-18-3-1-2-17(8-18)11-23;6-5(8)7-1-3-9-4-2-7/h1-8,13-14H,9,12H2,(H,25,26);1-4H2,(H2,6,8). The molecule has 35 heavy (non-hydrogen) atoms. The Labute approximate surface area is 203 Å². The number of nitrogens with zero attached hydrogens (tertiary/aromatic N) is 4. The number of ether oxygens (including phenoxy) is 1. The van der Waals surface area contributed by atoms with Crippen LogP contribution in [0.3, 0.4) is 0 Å². The molecule has 1 saturated heterocycles. The van der Waals surface area contributed by atoms with Gasteiger partial charge in [0.25, 0.3) is 0 Å². The molecule has 1 aliphatic heterocycles. The van der Waals surface area contributed by atoms with Crippen molar-refractivity contribution < 1.29 is 19.4 Å². The minimum Gasteiger partial charge on any atom is -0.478 e. The zero-order chi connectivity index (χ0) is 25.2. The van der Waals surface area contributed by atoms with Gasteiger partial charge in [0.2, 0.25) is 0 Å². The summed E-state index contributed by atoms with van der Waals surface area (Å²) in [6.07, 6.45) is 3.90. The number of carbonyl (C=O) groups is 2. The maximum absolute atomic E-state index is 11.6.